The minimum atomic E-state index is -0.133. The molecule has 0 aromatic carbocycles. The van der Waals surface area contributed by atoms with E-state index in [9.17, 15) is 4.79 Å². The minimum absolute atomic E-state index is 0.133. The van der Waals surface area contributed by atoms with Gasteiger partial charge >= 0.3 is 0 Å². The van der Waals surface area contributed by atoms with Crippen molar-refractivity contribution in [3.63, 3.8) is 0 Å². The predicted molar refractivity (Wildman–Crippen MR) is 58.0 cm³/mol. The maximum Gasteiger partial charge on any atom is 0.262 e. The van der Waals surface area contributed by atoms with Gasteiger partial charge in [-0.3, -0.25) is 9.78 Å². The van der Waals surface area contributed by atoms with Crippen molar-refractivity contribution in [2.75, 3.05) is 0 Å². The zero-order valence-corrected chi connectivity index (χ0v) is 8.78. The van der Waals surface area contributed by atoms with Gasteiger partial charge in [-0.1, -0.05) is 0 Å². The van der Waals surface area contributed by atoms with Crippen molar-refractivity contribution in [1.82, 2.24) is 9.97 Å². The summed E-state index contributed by atoms with van der Waals surface area (Å²) >= 11 is 3.14. The molecule has 0 spiro atoms. The highest BCUT2D eigenvalue weighted by Gasteiger charge is 1.99. The molecule has 1 N–H and O–H groups in total. The van der Waals surface area contributed by atoms with E-state index in [-0.39, 0.29) is 5.56 Å². The molecule has 0 saturated heterocycles. The fourth-order valence-corrected chi connectivity index (χ4v) is 1.38. The number of aromatic nitrogens is 2. The highest BCUT2D eigenvalue weighted by Crippen LogP contribution is 2.14. The van der Waals surface area contributed by atoms with Crippen LogP contribution < -0.4 is 5.56 Å². The van der Waals surface area contributed by atoms with E-state index in [1.807, 2.05) is 18.2 Å². The Bertz CT molecular complexity index is 493. The lowest BCUT2D eigenvalue weighted by Gasteiger charge is -1.99. The number of nitrogens with one attached hydrogen (secondary N) is 1. The molecule has 3 nitrogen and oxygen atoms in total. The monoisotopic (exact) mass is 250 g/mol. The highest BCUT2D eigenvalue weighted by atomic mass is 79.9. The summed E-state index contributed by atoms with van der Waals surface area (Å²) in [5, 5.41) is 0. The standard InChI is InChI=1S/C10H7BrN2O/c11-8-3-4-9(13-10(8)14)7-2-1-5-12-6-7/h1-6H,(H,13,14). The van der Waals surface area contributed by atoms with Crippen LogP contribution in [0.15, 0.2) is 45.9 Å². The lowest BCUT2D eigenvalue weighted by Crippen LogP contribution is -2.06. The van der Waals surface area contributed by atoms with Crippen LogP contribution in [0.5, 0.6) is 0 Å². The summed E-state index contributed by atoms with van der Waals surface area (Å²) < 4.78 is 0.533. The lowest BCUT2D eigenvalue weighted by atomic mass is 10.2. The molecule has 14 heavy (non-hydrogen) atoms. The van der Waals surface area contributed by atoms with Gasteiger partial charge in [-0.15, -0.1) is 0 Å². The number of H-pyrrole nitrogens is 1. The Labute approximate surface area is 89.0 Å². The molecule has 0 aliphatic carbocycles. The summed E-state index contributed by atoms with van der Waals surface area (Å²) in [5.41, 5.74) is 1.54. The first-order valence-corrected chi connectivity index (χ1v) is 4.86. The van der Waals surface area contributed by atoms with Crippen molar-refractivity contribution in [1.29, 1.82) is 0 Å². The molecule has 70 valence electrons. The third-order valence-corrected chi connectivity index (χ3v) is 2.46. The van der Waals surface area contributed by atoms with E-state index >= 15 is 0 Å². The van der Waals surface area contributed by atoms with Crippen molar-refractivity contribution in [3.05, 3.63) is 51.5 Å². The molecule has 0 bridgehead atoms. The molecule has 4 heteroatoms. The highest BCUT2D eigenvalue weighted by molar-refractivity contribution is 9.10. The average molecular weight is 251 g/mol. The first-order chi connectivity index (χ1) is 6.77. The smallest absolute Gasteiger partial charge is 0.262 e. The molecule has 2 heterocycles. The van der Waals surface area contributed by atoms with Gasteiger partial charge in [-0.2, -0.15) is 0 Å². The van der Waals surface area contributed by atoms with Crippen LogP contribution in [-0.2, 0) is 0 Å². The van der Waals surface area contributed by atoms with Gasteiger partial charge in [-0.25, -0.2) is 0 Å². The second kappa shape index (κ2) is 3.75. The van der Waals surface area contributed by atoms with Crippen molar-refractivity contribution in [3.8, 4) is 11.3 Å². The maximum absolute atomic E-state index is 11.3. The topological polar surface area (TPSA) is 45.8 Å². The number of pyridine rings is 2. The predicted octanol–water partition coefficient (Wildman–Crippen LogP) is 2.20. The van der Waals surface area contributed by atoms with E-state index in [2.05, 4.69) is 25.9 Å². The summed E-state index contributed by atoms with van der Waals surface area (Å²) in [7, 11) is 0. The first kappa shape index (κ1) is 9.15. The van der Waals surface area contributed by atoms with Gasteiger partial charge in [0.25, 0.3) is 5.56 Å². The lowest BCUT2D eigenvalue weighted by molar-refractivity contribution is 1.21. The van der Waals surface area contributed by atoms with Crippen molar-refractivity contribution < 1.29 is 0 Å². The van der Waals surface area contributed by atoms with Crippen molar-refractivity contribution >= 4 is 15.9 Å². The zero-order chi connectivity index (χ0) is 9.97. The number of aromatic amines is 1. The van der Waals surface area contributed by atoms with Crippen molar-refractivity contribution in [2.24, 2.45) is 0 Å². The van der Waals surface area contributed by atoms with Gasteiger partial charge in [0.05, 0.1) is 4.47 Å². The molecule has 2 aromatic rings. The molecule has 0 aliphatic heterocycles. The van der Waals surface area contributed by atoms with Crippen LogP contribution in [0.1, 0.15) is 0 Å². The van der Waals surface area contributed by atoms with Crippen LogP contribution in [0.3, 0.4) is 0 Å². The molecule has 0 fully saturated rings. The minimum Gasteiger partial charge on any atom is -0.321 e. The Morgan fingerprint density at radius 1 is 1.29 bits per heavy atom. The van der Waals surface area contributed by atoms with E-state index in [1.54, 1.807) is 18.5 Å². The van der Waals surface area contributed by atoms with E-state index in [4.69, 9.17) is 0 Å². The zero-order valence-electron chi connectivity index (χ0n) is 7.20. The molecule has 2 rings (SSSR count). The normalized spacial score (nSPS) is 10.1. The summed E-state index contributed by atoms with van der Waals surface area (Å²) in [6.07, 6.45) is 3.40. The van der Waals surface area contributed by atoms with Crippen LogP contribution in [0, 0.1) is 0 Å². The van der Waals surface area contributed by atoms with Crippen LogP contribution in [-0.4, -0.2) is 9.97 Å². The largest absolute Gasteiger partial charge is 0.321 e. The Hall–Kier alpha value is -1.42. The van der Waals surface area contributed by atoms with Crippen LogP contribution in [0.4, 0.5) is 0 Å². The van der Waals surface area contributed by atoms with Gasteiger partial charge in [0.1, 0.15) is 0 Å². The van der Waals surface area contributed by atoms with Crippen molar-refractivity contribution in [2.45, 2.75) is 0 Å². The Balaban J connectivity index is 2.54. The number of hydrogen-bond donors (Lipinski definition) is 1. The van der Waals surface area contributed by atoms with E-state index in [1.165, 1.54) is 0 Å². The Kier molecular flexibility index (Phi) is 2.45. The summed E-state index contributed by atoms with van der Waals surface area (Å²) in [5.74, 6) is 0. The van der Waals surface area contributed by atoms with Gasteiger partial charge in [-0.05, 0) is 40.2 Å². The van der Waals surface area contributed by atoms with E-state index < -0.39 is 0 Å². The molecule has 0 saturated carbocycles. The molecular weight excluding hydrogens is 244 g/mol. The fourth-order valence-electron chi connectivity index (χ4n) is 1.15. The third-order valence-electron chi connectivity index (χ3n) is 1.83. The molecule has 0 amide bonds. The summed E-state index contributed by atoms with van der Waals surface area (Å²) in [4.78, 5) is 18.0. The Morgan fingerprint density at radius 2 is 2.14 bits per heavy atom. The SMILES string of the molecule is O=c1[nH]c(-c2cccnc2)ccc1Br. The summed E-state index contributed by atoms with van der Waals surface area (Å²) in [6.45, 7) is 0. The average Bonchev–Trinajstić information content (AvgIpc) is 2.23. The van der Waals surface area contributed by atoms with Crippen LogP contribution >= 0.6 is 15.9 Å². The molecular formula is C10H7BrN2O. The van der Waals surface area contributed by atoms with E-state index in [0.29, 0.717) is 4.47 Å². The van der Waals surface area contributed by atoms with Gasteiger partial charge in [0, 0.05) is 23.7 Å². The first-order valence-electron chi connectivity index (χ1n) is 4.06. The molecule has 0 unspecified atom stereocenters. The molecule has 0 aliphatic rings. The van der Waals surface area contributed by atoms with E-state index in [0.717, 1.165) is 11.3 Å². The fraction of sp³-hybridized carbons (Fsp3) is 0. The number of rotatable bonds is 1. The third kappa shape index (κ3) is 1.75. The second-order valence-electron chi connectivity index (χ2n) is 2.79. The summed E-state index contributed by atoms with van der Waals surface area (Å²) in [6, 6.07) is 7.28. The number of hydrogen-bond acceptors (Lipinski definition) is 2. The van der Waals surface area contributed by atoms with Gasteiger partial charge in [0.15, 0.2) is 0 Å². The Morgan fingerprint density at radius 3 is 2.79 bits per heavy atom. The van der Waals surface area contributed by atoms with Gasteiger partial charge in [0.2, 0.25) is 0 Å². The number of halogens is 1. The maximum atomic E-state index is 11.3. The molecule has 0 atom stereocenters. The molecule has 0 radical (unpaired) electrons. The molecule has 2 aromatic heterocycles. The van der Waals surface area contributed by atoms with Crippen LogP contribution in [0.25, 0.3) is 11.3 Å². The second-order valence-corrected chi connectivity index (χ2v) is 3.65. The number of nitrogens with zero attached hydrogens (tertiary/aromatic N) is 1. The van der Waals surface area contributed by atoms with Gasteiger partial charge < -0.3 is 4.98 Å². The van der Waals surface area contributed by atoms with Crippen LogP contribution in [0.2, 0.25) is 0 Å². The quantitative estimate of drug-likeness (QED) is 0.844.